The fourth-order valence-electron chi connectivity index (χ4n) is 10.9. The molecule has 0 radical (unpaired) electrons. The fraction of sp³-hybridized carbons (Fsp3) is 0.776. The molecule has 5 rings (SSSR count). The van der Waals surface area contributed by atoms with Crippen molar-refractivity contribution >= 4 is 43.2 Å². The Balaban J connectivity index is 1.51. The first-order chi connectivity index (χ1) is 31.5. The van der Waals surface area contributed by atoms with Crippen molar-refractivity contribution in [3.05, 3.63) is 29.4 Å². The number of hydrogen-bond donors (Lipinski definition) is 1. The highest BCUT2D eigenvalue weighted by Crippen LogP contribution is 2.49. The monoisotopic (exact) mass is 974 g/mol. The maximum absolute atomic E-state index is 15.1. The van der Waals surface area contributed by atoms with Gasteiger partial charge in [-0.25, -0.2) is 0 Å². The Labute approximate surface area is 403 Å². The number of nitrogens with zero attached hydrogens (tertiary/aromatic N) is 4. The van der Waals surface area contributed by atoms with Gasteiger partial charge in [0.15, 0.2) is 31.0 Å². The highest BCUT2D eigenvalue weighted by atomic mass is 32.1. The normalized spacial score (nSPS) is 35.7. The predicted octanol–water partition coefficient (Wildman–Crippen LogP) is 7.77. The van der Waals surface area contributed by atoms with Crippen LogP contribution in [0.1, 0.15) is 120 Å². The van der Waals surface area contributed by atoms with E-state index < -0.39 is 109 Å². The van der Waals surface area contributed by atoms with Crippen molar-refractivity contribution in [1.82, 2.24) is 25.6 Å². The van der Waals surface area contributed by atoms with Crippen molar-refractivity contribution in [2.24, 2.45) is 35.5 Å². The smallest absolute Gasteiger partial charge is 0.316 e. The Kier molecular flexibility index (Phi) is 18.7. The van der Waals surface area contributed by atoms with Crippen LogP contribution in [0.3, 0.4) is 0 Å². The van der Waals surface area contributed by atoms with E-state index in [9.17, 15) is 14.4 Å². The lowest BCUT2D eigenvalue weighted by molar-refractivity contribution is -0.292. The molecular weight excluding hydrogens is 895 g/mol. The first-order valence-corrected chi connectivity index (χ1v) is 27.8. The van der Waals surface area contributed by atoms with Gasteiger partial charge < -0.3 is 33.0 Å². The van der Waals surface area contributed by atoms with Gasteiger partial charge in [0.1, 0.15) is 40.7 Å². The van der Waals surface area contributed by atoms with Gasteiger partial charge in [-0.2, -0.15) is 5.48 Å². The average molecular weight is 974 g/mol. The second kappa shape index (κ2) is 22.8. The number of pyridine rings is 1. The molecule has 1 N–H and O–H groups in total. The molecule has 3 fully saturated rings. The molecule has 16 nitrogen and oxygen atoms in total. The van der Waals surface area contributed by atoms with Gasteiger partial charge in [0.25, 0.3) is 0 Å². The Morgan fingerprint density at radius 1 is 0.940 bits per heavy atom. The molecule has 3 saturated heterocycles. The molecule has 2 aromatic heterocycles. The number of cyclic esters (lactones) is 1. The number of ether oxygens (including phenoxy) is 5. The number of nitrogens with one attached hydrogen (secondary N) is 1. The molecule has 0 saturated carbocycles. The van der Waals surface area contributed by atoms with E-state index in [0.717, 1.165) is 18.1 Å². The SMILES string of the molecule is CC[C@@H]1OC(=O)[C@H](C)C(=O)[C@H](C)[C@@H](O[C@@H]2O[C@@H](C)C[C@H](N(C)C)[C@H]2O[Si](CC)(CC)CC)[C@](C)(OC)C[C@@H](C)C(=O)[C@H](C)[C@H]2[C@H](C(C)NO[C@@H](C)c3nnc(-c4ccccn4)s3)C(=O)O[C@@]21C. The lowest BCUT2D eigenvalue weighted by Crippen LogP contribution is -2.62. The van der Waals surface area contributed by atoms with Gasteiger partial charge in [0, 0.05) is 49.1 Å². The van der Waals surface area contributed by atoms with Gasteiger partial charge in [-0.1, -0.05) is 65.9 Å². The molecule has 0 aliphatic carbocycles. The van der Waals surface area contributed by atoms with Gasteiger partial charge >= 0.3 is 11.9 Å². The Bertz CT molecular complexity index is 1980. The summed E-state index contributed by atoms with van der Waals surface area (Å²) in [7, 11) is 3.39. The molecule has 3 aliphatic rings. The topological polar surface area (TPSA) is 187 Å². The second-order valence-electron chi connectivity index (χ2n) is 20.0. The fourth-order valence-corrected chi connectivity index (χ4v) is 14.6. The van der Waals surface area contributed by atoms with Crippen LogP contribution in [0.25, 0.3) is 10.7 Å². The van der Waals surface area contributed by atoms with E-state index >= 15 is 4.79 Å². The van der Waals surface area contributed by atoms with Gasteiger partial charge in [-0.3, -0.25) is 29.0 Å². The molecule has 0 spiro atoms. The lowest BCUT2D eigenvalue weighted by Gasteiger charge is -2.50. The van der Waals surface area contributed by atoms with Crippen LogP contribution in [-0.4, -0.2) is 127 Å². The first-order valence-electron chi connectivity index (χ1n) is 24.4. The van der Waals surface area contributed by atoms with Crippen molar-refractivity contribution < 1.29 is 52.1 Å². The van der Waals surface area contributed by atoms with E-state index in [1.165, 1.54) is 18.3 Å². The standard InChI is InChI=1S/C49H79N5O11SSi/c1-17-36-49(13)38(37(46(58)63-49)32(10)53-64-33(11)43-51-52-44(66-43)34-23-21-22-24-50-34)29(7)39(55)27(5)26-48(12,59-16)42(30(8)40(56)31(9)45(57)61-36)62-47-41(65-67(18-2,19-3)20-4)35(54(14)15)25-28(6)60-47/h21-24,27-33,35-38,41-42,47,53H,17-20,25-26H2,1-16H3/t27-,28+,29-,30+,31-,32?,33+,35+,36+,37+,38+,41-,42-,47+,48-,49-/m1/s1. The van der Waals surface area contributed by atoms with Crippen molar-refractivity contribution in [1.29, 1.82) is 0 Å². The van der Waals surface area contributed by atoms with Gasteiger partial charge in [0.05, 0.1) is 23.7 Å². The summed E-state index contributed by atoms with van der Waals surface area (Å²) in [6.45, 7) is 24.5. The average Bonchev–Trinajstić information content (AvgIpc) is 3.92. The Hall–Kier alpha value is -3.07. The highest BCUT2D eigenvalue weighted by molar-refractivity contribution is 7.14. The van der Waals surface area contributed by atoms with Crippen molar-refractivity contribution in [2.75, 3.05) is 21.2 Å². The Morgan fingerprint density at radius 2 is 1.61 bits per heavy atom. The van der Waals surface area contributed by atoms with Crippen LogP contribution in [0, 0.1) is 35.5 Å². The molecule has 16 atom stereocenters. The van der Waals surface area contributed by atoms with Gasteiger partial charge in [-0.05, 0) is 105 Å². The highest BCUT2D eigenvalue weighted by Gasteiger charge is 2.63. The van der Waals surface area contributed by atoms with Crippen LogP contribution >= 0.6 is 11.3 Å². The molecule has 0 aromatic carbocycles. The minimum absolute atomic E-state index is 0.0525. The molecule has 0 amide bonds. The summed E-state index contributed by atoms with van der Waals surface area (Å²) in [4.78, 5) is 71.1. The quantitative estimate of drug-likeness (QED) is 0.0743. The third-order valence-electron chi connectivity index (χ3n) is 15.3. The summed E-state index contributed by atoms with van der Waals surface area (Å²) in [5, 5.41) is 9.86. The molecule has 376 valence electrons. The number of methoxy groups -OCH3 is 1. The molecule has 5 heterocycles. The zero-order valence-electron chi connectivity index (χ0n) is 42.8. The van der Waals surface area contributed by atoms with Crippen LogP contribution < -0.4 is 5.48 Å². The number of carbonyl (C=O) groups excluding carboxylic acids is 4. The molecule has 18 heteroatoms. The van der Waals surface area contributed by atoms with Crippen LogP contribution in [0.4, 0.5) is 0 Å². The zero-order valence-corrected chi connectivity index (χ0v) is 44.6. The summed E-state index contributed by atoms with van der Waals surface area (Å²) >= 11 is 1.34. The van der Waals surface area contributed by atoms with Crippen molar-refractivity contribution in [3.8, 4) is 10.7 Å². The number of aromatic nitrogens is 3. The number of rotatable bonds is 16. The van der Waals surface area contributed by atoms with Gasteiger partial charge in [-0.15, -0.1) is 10.2 Å². The maximum Gasteiger partial charge on any atom is 0.316 e. The summed E-state index contributed by atoms with van der Waals surface area (Å²) in [6.07, 6.45) is -1.34. The number of esters is 2. The summed E-state index contributed by atoms with van der Waals surface area (Å²) < 4.78 is 40.0. The number of Topliss-reactive ketones (excluding diaryl/α,β-unsaturated/α-hetero) is 2. The lowest BCUT2D eigenvalue weighted by atomic mass is 9.66. The summed E-state index contributed by atoms with van der Waals surface area (Å²) in [5.41, 5.74) is 1.05. The van der Waals surface area contributed by atoms with Gasteiger partial charge in [0.2, 0.25) is 0 Å². The number of fused-ring (bicyclic) bond motifs is 1. The maximum atomic E-state index is 15.1. The number of hydrogen-bond acceptors (Lipinski definition) is 17. The van der Waals surface area contributed by atoms with E-state index in [0.29, 0.717) is 22.1 Å². The van der Waals surface area contributed by atoms with Crippen LogP contribution in [0.15, 0.2) is 24.4 Å². The number of carbonyl (C=O) groups is 4. The number of ketones is 2. The van der Waals surface area contributed by atoms with E-state index in [4.69, 9.17) is 32.9 Å². The van der Waals surface area contributed by atoms with Crippen molar-refractivity contribution in [2.45, 2.75) is 187 Å². The van der Waals surface area contributed by atoms with E-state index in [2.05, 4.69) is 46.3 Å². The number of hydroxylamine groups is 1. The first kappa shape index (κ1) is 54.9. The molecular formula is C49H79N5O11SSi. The van der Waals surface area contributed by atoms with Crippen LogP contribution in [-0.2, 0) is 52.1 Å². The minimum atomic E-state index is -2.23. The third-order valence-corrected chi connectivity index (χ3v) is 21.1. The molecule has 1 unspecified atom stereocenters. The number of likely N-dealkylation sites (N-methyl/N-ethyl adjacent to an activating group) is 1. The largest absolute Gasteiger partial charge is 0.458 e. The molecule has 3 aliphatic heterocycles. The van der Waals surface area contributed by atoms with Crippen molar-refractivity contribution in [3.63, 3.8) is 0 Å². The van der Waals surface area contributed by atoms with Crippen LogP contribution in [0.2, 0.25) is 18.1 Å². The van der Waals surface area contributed by atoms with E-state index in [-0.39, 0.29) is 30.8 Å². The molecule has 0 bridgehead atoms. The minimum Gasteiger partial charge on any atom is -0.458 e. The molecule has 67 heavy (non-hydrogen) atoms. The third kappa shape index (κ3) is 11.6. The molecule has 2 aromatic rings. The zero-order chi connectivity index (χ0) is 49.8. The summed E-state index contributed by atoms with van der Waals surface area (Å²) in [6, 6.07) is 7.57. The predicted molar refractivity (Wildman–Crippen MR) is 257 cm³/mol. The van der Waals surface area contributed by atoms with E-state index in [1.54, 1.807) is 34.1 Å². The second-order valence-corrected chi connectivity index (χ2v) is 25.7. The van der Waals surface area contributed by atoms with Crippen LogP contribution in [0.5, 0.6) is 0 Å². The summed E-state index contributed by atoms with van der Waals surface area (Å²) in [5.74, 6) is -7.20. The Morgan fingerprint density at radius 3 is 2.19 bits per heavy atom. The van der Waals surface area contributed by atoms with E-state index in [1.807, 2.05) is 73.8 Å².